The standard InChI is InChI=1S/C14H25N3O3S/c1-5-8-15-9-12-6-7-13(16-10-12)21(18,19)17-11-14(2,3)20-4/h6-7,10,15,17H,5,8-9,11H2,1-4H3. The molecule has 120 valence electrons. The van der Waals surface area contributed by atoms with E-state index >= 15 is 0 Å². The Kier molecular flexibility index (Phi) is 6.73. The topological polar surface area (TPSA) is 80.3 Å². The van der Waals surface area contributed by atoms with E-state index < -0.39 is 15.6 Å². The minimum Gasteiger partial charge on any atom is -0.377 e. The summed E-state index contributed by atoms with van der Waals surface area (Å²) >= 11 is 0. The van der Waals surface area contributed by atoms with Crippen molar-refractivity contribution in [3.8, 4) is 0 Å². The first-order valence-electron chi connectivity index (χ1n) is 7.01. The number of methoxy groups -OCH3 is 1. The lowest BCUT2D eigenvalue weighted by atomic mass is 10.1. The molecule has 0 radical (unpaired) electrons. The van der Waals surface area contributed by atoms with E-state index in [1.165, 1.54) is 6.07 Å². The first kappa shape index (κ1) is 18.0. The molecule has 1 aromatic heterocycles. The van der Waals surface area contributed by atoms with Crippen molar-refractivity contribution in [1.82, 2.24) is 15.0 Å². The maximum absolute atomic E-state index is 12.1. The quantitative estimate of drug-likeness (QED) is 0.671. The summed E-state index contributed by atoms with van der Waals surface area (Å²) in [5.74, 6) is 0. The fourth-order valence-corrected chi connectivity index (χ4v) is 2.62. The van der Waals surface area contributed by atoms with Gasteiger partial charge in [-0.05, 0) is 38.4 Å². The number of rotatable bonds is 9. The third-order valence-electron chi connectivity index (χ3n) is 3.07. The molecule has 7 heteroatoms. The first-order valence-corrected chi connectivity index (χ1v) is 8.49. The van der Waals surface area contributed by atoms with E-state index in [4.69, 9.17) is 4.74 Å². The zero-order chi connectivity index (χ0) is 15.9. The summed E-state index contributed by atoms with van der Waals surface area (Å²) in [4.78, 5) is 4.02. The Labute approximate surface area is 127 Å². The summed E-state index contributed by atoms with van der Waals surface area (Å²) < 4.78 is 31.9. The molecule has 0 spiro atoms. The Bertz CT molecular complexity index is 527. The average molecular weight is 315 g/mol. The molecule has 1 rings (SSSR count). The van der Waals surface area contributed by atoms with E-state index in [9.17, 15) is 8.42 Å². The van der Waals surface area contributed by atoms with Crippen molar-refractivity contribution in [3.05, 3.63) is 23.9 Å². The smallest absolute Gasteiger partial charge is 0.258 e. The number of nitrogens with one attached hydrogen (secondary N) is 2. The average Bonchev–Trinajstić information content (AvgIpc) is 2.46. The third-order valence-corrected chi connectivity index (χ3v) is 4.39. The van der Waals surface area contributed by atoms with Gasteiger partial charge in [-0.15, -0.1) is 0 Å². The second-order valence-corrected chi connectivity index (χ2v) is 7.18. The van der Waals surface area contributed by atoms with Crippen molar-refractivity contribution in [1.29, 1.82) is 0 Å². The normalized spacial score (nSPS) is 12.6. The van der Waals surface area contributed by atoms with Crippen LogP contribution in [0.4, 0.5) is 0 Å². The predicted octanol–water partition coefficient (Wildman–Crippen LogP) is 1.28. The van der Waals surface area contributed by atoms with E-state index in [1.54, 1.807) is 19.4 Å². The fraction of sp³-hybridized carbons (Fsp3) is 0.643. The Morgan fingerprint density at radius 2 is 2.05 bits per heavy atom. The highest BCUT2D eigenvalue weighted by Crippen LogP contribution is 2.10. The highest BCUT2D eigenvalue weighted by Gasteiger charge is 2.22. The van der Waals surface area contributed by atoms with Gasteiger partial charge in [-0.25, -0.2) is 18.1 Å². The molecule has 1 heterocycles. The van der Waals surface area contributed by atoms with Crippen LogP contribution in [0.1, 0.15) is 32.8 Å². The number of hydrogen-bond acceptors (Lipinski definition) is 5. The van der Waals surface area contributed by atoms with Crippen molar-refractivity contribution in [3.63, 3.8) is 0 Å². The van der Waals surface area contributed by atoms with Crippen LogP contribution in [0.3, 0.4) is 0 Å². The Morgan fingerprint density at radius 3 is 2.57 bits per heavy atom. The predicted molar refractivity (Wildman–Crippen MR) is 82.5 cm³/mol. The molecule has 0 unspecified atom stereocenters. The van der Waals surface area contributed by atoms with Gasteiger partial charge in [0.2, 0.25) is 0 Å². The second kappa shape index (κ2) is 7.84. The molecular weight excluding hydrogens is 290 g/mol. The first-order chi connectivity index (χ1) is 9.80. The molecular formula is C14H25N3O3S. The summed E-state index contributed by atoms with van der Waals surface area (Å²) in [6.07, 6.45) is 2.64. The van der Waals surface area contributed by atoms with Gasteiger partial charge >= 0.3 is 0 Å². The number of sulfonamides is 1. The molecule has 0 amide bonds. The molecule has 0 saturated carbocycles. The van der Waals surface area contributed by atoms with Gasteiger partial charge in [0.1, 0.15) is 0 Å². The maximum atomic E-state index is 12.1. The summed E-state index contributed by atoms with van der Waals surface area (Å²) in [6, 6.07) is 3.29. The van der Waals surface area contributed by atoms with Crippen LogP contribution in [0.2, 0.25) is 0 Å². The van der Waals surface area contributed by atoms with E-state index in [1.807, 2.05) is 13.8 Å². The van der Waals surface area contributed by atoms with E-state index in [-0.39, 0.29) is 11.6 Å². The van der Waals surface area contributed by atoms with Gasteiger partial charge in [0.15, 0.2) is 5.03 Å². The van der Waals surface area contributed by atoms with Gasteiger partial charge in [-0.3, -0.25) is 0 Å². The monoisotopic (exact) mass is 315 g/mol. The summed E-state index contributed by atoms with van der Waals surface area (Å²) in [5.41, 5.74) is 0.400. The Balaban J connectivity index is 2.67. The minimum atomic E-state index is -3.61. The molecule has 0 aliphatic heterocycles. The van der Waals surface area contributed by atoms with Crippen molar-refractivity contribution in [2.45, 2.75) is 44.4 Å². The molecule has 6 nitrogen and oxygen atoms in total. The molecule has 0 saturated heterocycles. The largest absolute Gasteiger partial charge is 0.377 e. The van der Waals surface area contributed by atoms with Crippen molar-refractivity contribution < 1.29 is 13.2 Å². The van der Waals surface area contributed by atoms with Crippen LogP contribution in [0, 0.1) is 0 Å². The van der Waals surface area contributed by atoms with Crippen molar-refractivity contribution in [2.24, 2.45) is 0 Å². The highest BCUT2D eigenvalue weighted by atomic mass is 32.2. The molecule has 0 fully saturated rings. The molecule has 0 aromatic carbocycles. The lowest BCUT2D eigenvalue weighted by Gasteiger charge is -2.22. The zero-order valence-corrected chi connectivity index (χ0v) is 14.0. The highest BCUT2D eigenvalue weighted by molar-refractivity contribution is 7.89. The number of nitrogens with zero attached hydrogens (tertiary/aromatic N) is 1. The lowest BCUT2D eigenvalue weighted by Crippen LogP contribution is -2.39. The molecule has 1 aromatic rings. The van der Waals surface area contributed by atoms with E-state index in [0.29, 0.717) is 6.54 Å². The van der Waals surface area contributed by atoms with Crippen molar-refractivity contribution in [2.75, 3.05) is 20.2 Å². The fourth-order valence-electron chi connectivity index (χ4n) is 1.50. The van der Waals surface area contributed by atoms with Gasteiger partial charge < -0.3 is 10.1 Å². The van der Waals surface area contributed by atoms with Crippen LogP contribution in [-0.4, -0.2) is 39.2 Å². The summed E-state index contributed by atoms with van der Waals surface area (Å²) in [6.45, 7) is 7.51. The minimum absolute atomic E-state index is 0.0219. The van der Waals surface area contributed by atoms with E-state index in [0.717, 1.165) is 18.5 Å². The van der Waals surface area contributed by atoms with Gasteiger partial charge in [-0.2, -0.15) is 0 Å². The van der Waals surface area contributed by atoms with Crippen LogP contribution < -0.4 is 10.0 Å². The van der Waals surface area contributed by atoms with Gasteiger partial charge in [0.25, 0.3) is 10.0 Å². The lowest BCUT2D eigenvalue weighted by molar-refractivity contribution is 0.0276. The SMILES string of the molecule is CCCNCc1ccc(S(=O)(=O)NCC(C)(C)OC)nc1. The zero-order valence-electron chi connectivity index (χ0n) is 13.1. The van der Waals surface area contributed by atoms with Crippen LogP contribution >= 0.6 is 0 Å². The van der Waals surface area contributed by atoms with Gasteiger partial charge in [0, 0.05) is 26.4 Å². The third kappa shape index (κ3) is 6.09. The number of ether oxygens (including phenoxy) is 1. The van der Waals surface area contributed by atoms with Crippen LogP contribution in [-0.2, 0) is 21.3 Å². The molecule has 0 bridgehead atoms. The van der Waals surface area contributed by atoms with Crippen LogP contribution in [0.25, 0.3) is 0 Å². The van der Waals surface area contributed by atoms with Crippen LogP contribution in [0.15, 0.2) is 23.4 Å². The molecule has 0 aliphatic rings. The molecule has 0 aliphatic carbocycles. The molecule has 21 heavy (non-hydrogen) atoms. The Morgan fingerprint density at radius 1 is 1.33 bits per heavy atom. The summed E-state index contributed by atoms with van der Waals surface area (Å²) in [5, 5.41) is 3.26. The summed E-state index contributed by atoms with van der Waals surface area (Å²) in [7, 11) is -2.06. The second-order valence-electron chi connectivity index (χ2n) is 5.47. The number of aromatic nitrogens is 1. The number of pyridine rings is 1. The molecule has 2 N–H and O–H groups in total. The molecule has 0 atom stereocenters. The van der Waals surface area contributed by atoms with Crippen molar-refractivity contribution >= 4 is 10.0 Å². The van der Waals surface area contributed by atoms with Gasteiger partial charge in [-0.1, -0.05) is 13.0 Å². The van der Waals surface area contributed by atoms with E-state index in [2.05, 4.69) is 21.9 Å². The van der Waals surface area contributed by atoms with Crippen LogP contribution in [0.5, 0.6) is 0 Å². The number of hydrogen-bond donors (Lipinski definition) is 2. The van der Waals surface area contributed by atoms with Gasteiger partial charge in [0.05, 0.1) is 5.60 Å². The maximum Gasteiger partial charge on any atom is 0.258 e. The Hall–Kier alpha value is -1.02.